The predicted molar refractivity (Wildman–Crippen MR) is 78.5 cm³/mol. The highest BCUT2D eigenvalue weighted by Crippen LogP contribution is 2.38. The molecule has 0 saturated carbocycles. The molecule has 0 amide bonds. The number of benzene rings is 1. The third-order valence-electron chi connectivity index (χ3n) is 3.62. The Labute approximate surface area is 110 Å². The van der Waals surface area contributed by atoms with Crippen molar-refractivity contribution < 1.29 is 0 Å². The molecule has 96 valence electrons. The molecule has 2 unspecified atom stereocenters. The number of para-hydroxylation sites is 1. The molecule has 2 nitrogen and oxygen atoms in total. The van der Waals surface area contributed by atoms with Crippen LogP contribution < -0.4 is 5.32 Å². The van der Waals surface area contributed by atoms with Crippen LogP contribution in [-0.2, 0) is 0 Å². The van der Waals surface area contributed by atoms with Gasteiger partial charge in [0.15, 0.2) is 0 Å². The third kappa shape index (κ3) is 2.33. The summed E-state index contributed by atoms with van der Waals surface area (Å²) in [5.41, 5.74) is 4.48. The first-order valence-electron chi connectivity index (χ1n) is 6.64. The van der Waals surface area contributed by atoms with Gasteiger partial charge in [0, 0.05) is 17.7 Å². The summed E-state index contributed by atoms with van der Waals surface area (Å²) in [7, 11) is 0. The van der Waals surface area contributed by atoms with E-state index >= 15 is 0 Å². The quantitative estimate of drug-likeness (QED) is 0.850. The number of nitrogens with one attached hydrogen (secondary N) is 1. The minimum Gasteiger partial charge on any atom is -0.382 e. The molecular formula is C16H22N2. The van der Waals surface area contributed by atoms with E-state index < -0.39 is 0 Å². The highest BCUT2D eigenvalue weighted by molar-refractivity contribution is 6.04. The number of hydrogen-bond acceptors (Lipinski definition) is 2. The van der Waals surface area contributed by atoms with Gasteiger partial charge in [0.1, 0.15) is 0 Å². The maximum absolute atomic E-state index is 4.78. The van der Waals surface area contributed by atoms with Gasteiger partial charge in [0.2, 0.25) is 0 Å². The summed E-state index contributed by atoms with van der Waals surface area (Å²) in [4.78, 5) is 4.78. The van der Waals surface area contributed by atoms with Crippen LogP contribution in [-0.4, -0.2) is 11.8 Å². The molecule has 0 fully saturated rings. The number of fused-ring (bicyclic) bond motifs is 1. The number of nitrogens with zero attached hydrogens (tertiary/aromatic N) is 1. The van der Waals surface area contributed by atoms with Crippen LogP contribution >= 0.6 is 0 Å². The van der Waals surface area contributed by atoms with E-state index in [4.69, 9.17) is 4.99 Å². The summed E-state index contributed by atoms with van der Waals surface area (Å²) < 4.78 is 0. The fourth-order valence-electron chi connectivity index (χ4n) is 2.48. The average molecular weight is 242 g/mol. The summed E-state index contributed by atoms with van der Waals surface area (Å²) in [5.74, 6) is 0.887. The molecule has 0 aromatic heterocycles. The van der Waals surface area contributed by atoms with Gasteiger partial charge in [-0.25, -0.2) is 0 Å². The molecule has 2 heteroatoms. The highest BCUT2D eigenvalue weighted by Gasteiger charge is 2.27. The minimum absolute atomic E-state index is 0.389. The summed E-state index contributed by atoms with van der Waals surface area (Å²) in [6.07, 6.45) is 0. The van der Waals surface area contributed by atoms with Crippen LogP contribution in [0.1, 0.15) is 39.2 Å². The van der Waals surface area contributed by atoms with Gasteiger partial charge in [0.05, 0.1) is 11.4 Å². The minimum atomic E-state index is 0.389. The Balaban J connectivity index is 2.37. The smallest absolute Gasteiger partial charge is 0.0670 e. The number of aliphatic imine (C=N–C) groups is 1. The second-order valence-electron chi connectivity index (χ2n) is 5.41. The number of hydrogen-bond donors (Lipinski definition) is 1. The van der Waals surface area contributed by atoms with Crippen molar-refractivity contribution in [1.82, 2.24) is 5.32 Å². The van der Waals surface area contributed by atoms with Crippen molar-refractivity contribution >= 4 is 11.4 Å². The van der Waals surface area contributed by atoms with E-state index in [2.05, 4.69) is 57.8 Å². The van der Waals surface area contributed by atoms with Crippen LogP contribution in [0.5, 0.6) is 0 Å². The SMILES string of the molecule is C=C(NC(C)C)C1=Nc2ccccc2C(C)C1C. The second-order valence-corrected chi connectivity index (χ2v) is 5.41. The summed E-state index contributed by atoms with van der Waals surface area (Å²) in [6.45, 7) is 12.9. The zero-order chi connectivity index (χ0) is 13.3. The topological polar surface area (TPSA) is 24.4 Å². The molecule has 1 aliphatic heterocycles. The molecule has 1 aromatic carbocycles. The van der Waals surface area contributed by atoms with Crippen molar-refractivity contribution in [3.63, 3.8) is 0 Å². The van der Waals surface area contributed by atoms with E-state index in [1.807, 2.05) is 6.07 Å². The number of allylic oxidation sites excluding steroid dienone is 1. The first-order valence-corrected chi connectivity index (χ1v) is 6.64. The van der Waals surface area contributed by atoms with Crippen LogP contribution in [0.15, 0.2) is 41.5 Å². The summed E-state index contributed by atoms with van der Waals surface area (Å²) in [6, 6.07) is 8.78. The van der Waals surface area contributed by atoms with Crippen molar-refractivity contribution in [2.24, 2.45) is 10.9 Å². The Morgan fingerprint density at radius 2 is 1.89 bits per heavy atom. The normalized spacial score (nSPS) is 22.4. The van der Waals surface area contributed by atoms with E-state index in [0.717, 1.165) is 17.1 Å². The Kier molecular flexibility index (Phi) is 3.55. The number of rotatable bonds is 3. The fraction of sp³-hybridized carbons (Fsp3) is 0.438. The molecule has 0 radical (unpaired) electrons. The van der Waals surface area contributed by atoms with Crippen molar-refractivity contribution in [1.29, 1.82) is 0 Å². The van der Waals surface area contributed by atoms with Crippen LogP contribution in [0, 0.1) is 5.92 Å². The van der Waals surface area contributed by atoms with E-state index in [1.165, 1.54) is 5.56 Å². The maximum atomic E-state index is 4.78. The van der Waals surface area contributed by atoms with Gasteiger partial charge in [-0.3, -0.25) is 4.99 Å². The van der Waals surface area contributed by atoms with E-state index in [-0.39, 0.29) is 0 Å². The van der Waals surface area contributed by atoms with E-state index in [0.29, 0.717) is 17.9 Å². The molecule has 0 bridgehead atoms. The van der Waals surface area contributed by atoms with Crippen molar-refractivity contribution in [3.8, 4) is 0 Å². The molecule has 0 aliphatic carbocycles. The molecule has 2 atom stereocenters. The van der Waals surface area contributed by atoms with Crippen molar-refractivity contribution in [3.05, 3.63) is 42.1 Å². The molecule has 2 rings (SSSR count). The van der Waals surface area contributed by atoms with Crippen molar-refractivity contribution in [2.75, 3.05) is 0 Å². The van der Waals surface area contributed by atoms with Gasteiger partial charge in [-0.15, -0.1) is 0 Å². The maximum Gasteiger partial charge on any atom is 0.0670 e. The average Bonchev–Trinajstić information content (AvgIpc) is 2.33. The van der Waals surface area contributed by atoms with E-state index in [9.17, 15) is 0 Å². The monoisotopic (exact) mass is 242 g/mol. The fourth-order valence-corrected chi connectivity index (χ4v) is 2.48. The predicted octanol–water partition coefficient (Wildman–Crippen LogP) is 4.02. The van der Waals surface area contributed by atoms with Crippen LogP contribution in [0.25, 0.3) is 0 Å². The Morgan fingerprint density at radius 1 is 1.22 bits per heavy atom. The Bertz CT molecular complexity index is 486. The first-order chi connectivity index (χ1) is 8.50. The standard InChI is InChI=1S/C16H22N2/c1-10(2)17-13(5)16-12(4)11(3)14-8-6-7-9-15(14)18-16/h6-12,17H,5H2,1-4H3. The molecule has 18 heavy (non-hydrogen) atoms. The highest BCUT2D eigenvalue weighted by atomic mass is 14.9. The van der Waals surface area contributed by atoms with Crippen LogP contribution in [0.3, 0.4) is 0 Å². The molecule has 1 aromatic rings. The lowest BCUT2D eigenvalue weighted by atomic mass is 9.81. The second kappa shape index (κ2) is 4.97. The molecule has 0 spiro atoms. The van der Waals surface area contributed by atoms with Gasteiger partial charge in [-0.2, -0.15) is 0 Å². The van der Waals surface area contributed by atoms with Gasteiger partial charge in [-0.05, 0) is 31.4 Å². The lowest BCUT2D eigenvalue weighted by Crippen LogP contribution is -2.32. The van der Waals surface area contributed by atoms with E-state index in [1.54, 1.807) is 0 Å². The van der Waals surface area contributed by atoms with Crippen LogP contribution in [0.2, 0.25) is 0 Å². The summed E-state index contributed by atoms with van der Waals surface area (Å²) >= 11 is 0. The molecule has 1 aliphatic rings. The zero-order valence-corrected chi connectivity index (χ0v) is 11.7. The lowest BCUT2D eigenvalue weighted by molar-refractivity contribution is 0.602. The molecule has 0 saturated heterocycles. The zero-order valence-electron chi connectivity index (χ0n) is 11.7. The first kappa shape index (κ1) is 12.9. The van der Waals surface area contributed by atoms with Crippen molar-refractivity contribution in [2.45, 2.75) is 39.7 Å². The lowest BCUT2D eigenvalue weighted by Gasteiger charge is -2.30. The Morgan fingerprint density at radius 3 is 2.56 bits per heavy atom. The molecule has 1 heterocycles. The van der Waals surface area contributed by atoms with Gasteiger partial charge in [0.25, 0.3) is 0 Å². The largest absolute Gasteiger partial charge is 0.382 e. The van der Waals surface area contributed by atoms with Crippen LogP contribution in [0.4, 0.5) is 5.69 Å². The van der Waals surface area contributed by atoms with Gasteiger partial charge < -0.3 is 5.32 Å². The molecule has 1 N–H and O–H groups in total. The van der Waals surface area contributed by atoms with Gasteiger partial charge >= 0.3 is 0 Å². The summed E-state index contributed by atoms with van der Waals surface area (Å²) in [5, 5.41) is 3.37. The van der Waals surface area contributed by atoms with Gasteiger partial charge in [-0.1, -0.05) is 38.6 Å². The molecular weight excluding hydrogens is 220 g/mol. The Hall–Kier alpha value is -1.57. The third-order valence-corrected chi connectivity index (χ3v) is 3.62.